The third-order valence-corrected chi connectivity index (χ3v) is 4.15. The highest BCUT2D eigenvalue weighted by molar-refractivity contribution is 5.91. The lowest BCUT2D eigenvalue weighted by atomic mass is 10.2. The van der Waals surface area contributed by atoms with E-state index >= 15 is 0 Å². The van der Waals surface area contributed by atoms with E-state index in [-0.39, 0.29) is 11.6 Å². The van der Waals surface area contributed by atoms with Crippen LogP contribution in [0.2, 0.25) is 0 Å². The van der Waals surface area contributed by atoms with Crippen LogP contribution in [-0.4, -0.2) is 33.0 Å². The average molecular weight is 345 g/mol. The van der Waals surface area contributed by atoms with Crippen molar-refractivity contribution < 1.29 is 23.3 Å². The maximum absolute atomic E-state index is 13.9. The first kappa shape index (κ1) is 17.0. The van der Waals surface area contributed by atoms with Crippen LogP contribution < -0.4 is 18.9 Å². The number of nitrogens with zero attached hydrogens (tertiary/aromatic N) is 1. The molecule has 2 aromatic carbocycles. The Labute approximate surface area is 145 Å². The van der Waals surface area contributed by atoms with Gasteiger partial charge in [0.15, 0.2) is 23.1 Å². The van der Waals surface area contributed by atoms with Gasteiger partial charge in [-0.25, -0.2) is 4.39 Å². The van der Waals surface area contributed by atoms with Crippen LogP contribution in [-0.2, 0) is 6.54 Å². The Kier molecular flexibility index (Phi) is 4.70. The van der Waals surface area contributed by atoms with Crippen molar-refractivity contribution in [2.24, 2.45) is 0 Å². The molecule has 0 spiro atoms. The van der Waals surface area contributed by atoms with Gasteiger partial charge in [-0.2, -0.15) is 0 Å². The van der Waals surface area contributed by atoms with Crippen LogP contribution >= 0.6 is 0 Å². The Bertz CT molecular complexity index is 904. The van der Waals surface area contributed by atoms with Gasteiger partial charge in [-0.15, -0.1) is 0 Å². The number of ether oxygens (including phenoxy) is 4. The third-order valence-electron chi connectivity index (χ3n) is 4.15. The second-order valence-electron chi connectivity index (χ2n) is 5.49. The Morgan fingerprint density at radius 3 is 2.16 bits per heavy atom. The predicted molar refractivity (Wildman–Crippen MR) is 93.6 cm³/mol. The van der Waals surface area contributed by atoms with Gasteiger partial charge in [0, 0.05) is 24.2 Å². The highest BCUT2D eigenvalue weighted by Crippen LogP contribution is 2.43. The molecule has 1 heterocycles. The van der Waals surface area contributed by atoms with Gasteiger partial charge in [-0.05, 0) is 23.8 Å². The fourth-order valence-electron chi connectivity index (χ4n) is 2.95. The molecule has 3 aromatic rings. The number of fused-ring (bicyclic) bond motifs is 1. The summed E-state index contributed by atoms with van der Waals surface area (Å²) in [6.07, 6.45) is 1.92. The lowest BCUT2D eigenvalue weighted by Crippen LogP contribution is -2.01. The van der Waals surface area contributed by atoms with Gasteiger partial charge >= 0.3 is 0 Å². The first-order valence-corrected chi connectivity index (χ1v) is 7.73. The normalized spacial score (nSPS) is 10.8. The number of hydrogen-bond donors (Lipinski definition) is 0. The zero-order valence-corrected chi connectivity index (χ0v) is 14.6. The number of hydrogen-bond acceptors (Lipinski definition) is 4. The Hall–Kier alpha value is -2.89. The second-order valence-corrected chi connectivity index (χ2v) is 5.49. The molecule has 0 N–H and O–H groups in total. The Morgan fingerprint density at radius 1 is 0.840 bits per heavy atom. The predicted octanol–water partition coefficient (Wildman–Crippen LogP) is 3.86. The molecule has 0 saturated heterocycles. The van der Waals surface area contributed by atoms with E-state index in [2.05, 4.69) is 0 Å². The summed E-state index contributed by atoms with van der Waals surface area (Å²) in [7, 11) is 6.19. The molecule has 25 heavy (non-hydrogen) atoms. The minimum Gasteiger partial charge on any atom is -0.494 e. The van der Waals surface area contributed by atoms with Crippen molar-refractivity contribution in [1.29, 1.82) is 0 Å². The molecule has 0 aliphatic heterocycles. The zero-order valence-electron chi connectivity index (χ0n) is 14.6. The van der Waals surface area contributed by atoms with Crippen molar-refractivity contribution in [3.05, 3.63) is 47.9 Å². The molecule has 0 atom stereocenters. The summed E-state index contributed by atoms with van der Waals surface area (Å²) in [5, 5.41) is 0.897. The minimum atomic E-state index is -0.381. The third kappa shape index (κ3) is 2.95. The highest BCUT2D eigenvalue weighted by Gasteiger charge is 2.18. The van der Waals surface area contributed by atoms with Crippen molar-refractivity contribution >= 4 is 10.9 Å². The molecule has 6 heteroatoms. The first-order valence-electron chi connectivity index (χ1n) is 7.73. The second kappa shape index (κ2) is 6.93. The molecule has 0 fully saturated rings. The topological polar surface area (TPSA) is 41.9 Å². The maximum Gasteiger partial charge on any atom is 0.204 e. The fraction of sp³-hybridized carbons (Fsp3) is 0.263. The van der Waals surface area contributed by atoms with E-state index in [1.165, 1.54) is 13.2 Å². The summed E-state index contributed by atoms with van der Waals surface area (Å²) in [6.45, 7) is 0.503. The summed E-state index contributed by atoms with van der Waals surface area (Å²) in [4.78, 5) is 0. The molecule has 0 unspecified atom stereocenters. The summed E-state index contributed by atoms with van der Waals surface area (Å²) >= 11 is 0. The SMILES string of the molecule is COc1ccc(Cn2ccc3c(OC)c(OC)c(OC)cc32)cc1F. The molecule has 0 aliphatic rings. The van der Waals surface area contributed by atoms with Crippen molar-refractivity contribution in [3.63, 3.8) is 0 Å². The number of methoxy groups -OCH3 is 4. The minimum absolute atomic E-state index is 0.231. The van der Waals surface area contributed by atoms with Crippen molar-refractivity contribution in [2.75, 3.05) is 28.4 Å². The van der Waals surface area contributed by atoms with E-state index in [0.717, 1.165) is 16.5 Å². The quantitative estimate of drug-likeness (QED) is 0.680. The van der Waals surface area contributed by atoms with Crippen LogP contribution in [0.25, 0.3) is 10.9 Å². The molecule has 132 valence electrons. The number of rotatable bonds is 6. The van der Waals surface area contributed by atoms with Gasteiger partial charge < -0.3 is 23.5 Å². The van der Waals surface area contributed by atoms with E-state index in [9.17, 15) is 4.39 Å². The molecule has 0 amide bonds. The van der Waals surface area contributed by atoms with Crippen LogP contribution in [0.1, 0.15) is 5.56 Å². The molecule has 1 aromatic heterocycles. The largest absolute Gasteiger partial charge is 0.494 e. The van der Waals surface area contributed by atoms with E-state index < -0.39 is 0 Å². The van der Waals surface area contributed by atoms with Gasteiger partial charge in [0.05, 0.1) is 34.0 Å². The van der Waals surface area contributed by atoms with Gasteiger partial charge in [-0.1, -0.05) is 6.07 Å². The standard InChI is InChI=1S/C19H20FNO4/c1-22-16-6-5-12(9-14(16)20)11-21-8-7-13-15(21)10-17(23-2)19(25-4)18(13)24-3/h5-10H,11H2,1-4H3. The van der Waals surface area contributed by atoms with Crippen molar-refractivity contribution in [2.45, 2.75) is 6.54 Å². The van der Waals surface area contributed by atoms with Gasteiger partial charge in [0.1, 0.15) is 0 Å². The average Bonchev–Trinajstić information content (AvgIpc) is 3.02. The van der Waals surface area contributed by atoms with E-state index in [1.807, 2.05) is 29.0 Å². The van der Waals surface area contributed by atoms with Crippen LogP contribution in [0, 0.1) is 5.82 Å². The molecule has 0 saturated carbocycles. The van der Waals surface area contributed by atoms with Crippen LogP contribution in [0.5, 0.6) is 23.0 Å². The molecule has 5 nitrogen and oxygen atoms in total. The van der Waals surface area contributed by atoms with Gasteiger partial charge in [-0.3, -0.25) is 0 Å². The molecular formula is C19H20FNO4. The number of aromatic nitrogens is 1. The Morgan fingerprint density at radius 2 is 1.56 bits per heavy atom. The smallest absolute Gasteiger partial charge is 0.204 e. The van der Waals surface area contributed by atoms with Crippen LogP contribution in [0.4, 0.5) is 4.39 Å². The molecule has 0 radical (unpaired) electrons. The van der Waals surface area contributed by atoms with E-state index in [1.54, 1.807) is 27.4 Å². The Balaban J connectivity index is 2.07. The summed E-state index contributed by atoms with van der Waals surface area (Å²) in [5.74, 6) is 1.58. The van der Waals surface area contributed by atoms with Gasteiger partial charge in [0.25, 0.3) is 0 Å². The monoisotopic (exact) mass is 345 g/mol. The van der Waals surface area contributed by atoms with Crippen LogP contribution in [0.15, 0.2) is 36.5 Å². The summed E-state index contributed by atoms with van der Waals surface area (Å²) in [5.41, 5.74) is 1.73. The summed E-state index contributed by atoms with van der Waals surface area (Å²) < 4.78 is 37.2. The lowest BCUT2D eigenvalue weighted by molar-refractivity contribution is 0.327. The lowest BCUT2D eigenvalue weighted by Gasteiger charge is -2.14. The molecular weight excluding hydrogens is 325 g/mol. The van der Waals surface area contributed by atoms with Crippen molar-refractivity contribution in [3.8, 4) is 23.0 Å². The van der Waals surface area contributed by atoms with E-state index in [4.69, 9.17) is 18.9 Å². The zero-order chi connectivity index (χ0) is 18.0. The van der Waals surface area contributed by atoms with Crippen molar-refractivity contribution in [1.82, 2.24) is 4.57 Å². The molecule has 0 aliphatic carbocycles. The molecule has 0 bridgehead atoms. The van der Waals surface area contributed by atoms with E-state index in [0.29, 0.717) is 23.8 Å². The number of benzene rings is 2. The summed E-state index contributed by atoms with van der Waals surface area (Å²) in [6, 6.07) is 8.77. The first-order chi connectivity index (χ1) is 12.1. The fourth-order valence-corrected chi connectivity index (χ4v) is 2.95. The molecule has 3 rings (SSSR count). The number of halogens is 1. The highest BCUT2D eigenvalue weighted by atomic mass is 19.1. The van der Waals surface area contributed by atoms with Crippen LogP contribution in [0.3, 0.4) is 0 Å². The van der Waals surface area contributed by atoms with Gasteiger partial charge in [0.2, 0.25) is 5.75 Å². The maximum atomic E-state index is 13.9.